The van der Waals surface area contributed by atoms with E-state index in [1.54, 1.807) is 30.3 Å². The predicted octanol–water partition coefficient (Wildman–Crippen LogP) is 5.18. The first-order valence-corrected chi connectivity index (χ1v) is 13.5. The Morgan fingerprint density at radius 3 is 2.46 bits per heavy atom. The lowest BCUT2D eigenvalue weighted by Gasteiger charge is -2.26. The molecule has 0 spiro atoms. The summed E-state index contributed by atoms with van der Waals surface area (Å²) < 4.78 is 43.1. The van der Waals surface area contributed by atoms with Crippen LogP contribution in [0.2, 0.25) is 0 Å². The molecule has 0 bridgehead atoms. The molecule has 1 saturated heterocycles. The molecule has 6 rings (SSSR count). The molecule has 180 valence electrons. The van der Waals surface area contributed by atoms with Crippen LogP contribution >= 0.6 is 0 Å². The molecule has 5 nitrogen and oxygen atoms in total. The van der Waals surface area contributed by atoms with Gasteiger partial charge < -0.3 is 0 Å². The quantitative estimate of drug-likeness (QED) is 0.388. The molecule has 35 heavy (non-hydrogen) atoms. The first-order chi connectivity index (χ1) is 16.7. The fourth-order valence-electron chi connectivity index (χ4n) is 6.18. The third-order valence-corrected chi connectivity index (χ3v) is 10.1. The van der Waals surface area contributed by atoms with Crippen LogP contribution in [0.15, 0.2) is 72.9 Å². The van der Waals surface area contributed by atoms with Gasteiger partial charge in [-0.3, -0.25) is 0 Å². The summed E-state index contributed by atoms with van der Waals surface area (Å²) in [6.07, 6.45) is 1.84. The second-order valence-electron chi connectivity index (χ2n) is 10.2. The van der Waals surface area contributed by atoms with E-state index in [1.165, 1.54) is 23.3 Å². The van der Waals surface area contributed by atoms with E-state index in [9.17, 15) is 12.8 Å². The van der Waals surface area contributed by atoms with Crippen molar-refractivity contribution < 1.29 is 12.8 Å². The Morgan fingerprint density at radius 1 is 1.06 bits per heavy atom. The zero-order valence-corrected chi connectivity index (χ0v) is 20.8. The molecule has 1 saturated carbocycles. The summed E-state index contributed by atoms with van der Waals surface area (Å²) in [5.41, 5.74) is 5.08. The normalized spacial score (nSPS) is 24.3. The van der Waals surface area contributed by atoms with Gasteiger partial charge in [0, 0.05) is 29.8 Å². The Kier molecular flexibility index (Phi) is 4.96. The number of hydrogen-bond acceptors (Lipinski definition) is 3. The maximum atomic E-state index is 13.4. The van der Waals surface area contributed by atoms with Crippen LogP contribution in [0.4, 0.5) is 4.39 Å². The molecule has 0 N–H and O–H groups in total. The topological polar surface area (TPSA) is 55.2 Å². The molecular formula is C28H28FN3O2S. The Balaban J connectivity index is 1.46. The van der Waals surface area contributed by atoms with E-state index in [0.29, 0.717) is 13.1 Å². The van der Waals surface area contributed by atoms with Gasteiger partial charge in [-0.1, -0.05) is 30.3 Å². The first-order valence-electron chi connectivity index (χ1n) is 12.0. The second kappa shape index (κ2) is 7.73. The largest absolute Gasteiger partial charge is 0.233 e. The van der Waals surface area contributed by atoms with Crippen molar-refractivity contribution in [2.75, 3.05) is 13.1 Å². The molecule has 2 aliphatic rings. The van der Waals surface area contributed by atoms with Gasteiger partial charge in [0.2, 0.25) is 10.0 Å². The number of sulfonamides is 1. The van der Waals surface area contributed by atoms with Gasteiger partial charge in [0.1, 0.15) is 5.82 Å². The molecule has 0 amide bonds. The monoisotopic (exact) mass is 489 g/mol. The van der Waals surface area contributed by atoms with E-state index in [4.69, 9.17) is 0 Å². The number of hydrogen-bond donors (Lipinski definition) is 0. The van der Waals surface area contributed by atoms with E-state index >= 15 is 0 Å². The first kappa shape index (κ1) is 22.4. The van der Waals surface area contributed by atoms with Crippen LogP contribution in [-0.2, 0) is 15.4 Å². The van der Waals surface area contributed by atoms with Gasteiger partial charge in [0.05, 0.1) is 22.7 Å². The molecule has 1 aromatic heterocycles. The Bertz CT molecular complexity index is 1530. The predicted molar refractivity (Wildman–Crippen MR) is 136 cm³/mol. The van der Waals surface area contributed by atoms with Crippen LogP contribution in [0.3, 0.4) is 0 Å². The standard InChI is InChI=1S/C28H28FN3O2S/c1-18(2)35(33,34)31-16-25-27(20-7-5-4-6-8-20)28(25,17-31)24-14-21-15-30-32(26(21)13-19(24)3)23-11-9-22(29)10-12-23/h4-15,18,25,27H,16-17H2,1-3H3/t25-,27-,28+/m0/s1. The lowest BCUT2D eigenvalue weighted by Crippen LogP contribution is -2.38. The molecule has 0 radical (unpaired) electrons. The van der Waals surface area contributed by atoms with Crippen LogP contribution < -0.4 is 0 Å². The highest BCUT2D eigenvalue weighted by molar-refractivity contribution is 7.89. The number of piperidine rings is 1. The van der Waals surface area contributed by atoms with Crippen molar-refractivity contribution >= 4 is 20.9 Å². The summed E-state index contributed by atoms with van der Waals surface area (Å²) in [7, 11) is -3.34. The molecule has 1 aliphatic carbocycles. The smallest absolute Gasteiger partial charge is 0.216 e. The molecule has 2 fully saturated rings. The van der Waals surface area contributed by atoms with Crippen molar-refractivity contribution in [1.29, 1.82) is 0 Å². The number of aromatic nitrogens is 2. The highest BCUT2D eigenvalue weighted by Crippen LogP contribution is 2.70. The van der Waals surface area contributed by atoms with Gasteiger partial charge in [-0.25, -0.2) is 21.8 Å². The van der Waals surface area contributed by atoms with Gasteiger partial charge in [0.15, 0.2) is 0 Å². The maximum absolute atomic E-state index is 13.4. The van der Waals surface area contributed by atoms with Crippen LogP contribution in [0.25, 0.3) is 16.6 Å². The Labute approximate surface area is 205 Å². The highest BCUT2D eigenvalue weighted by atomic mass is 32.2. The van der Waals surface area contributed by atoms with Gasteiger partial charge in [-0.05, 0) is 79.8 Å². The fraction of sp³-hybridized carbons (Fsp3) is 0.321. The fourth-order valence-corrected chi connectivity index (χ4v) is 7.54. The van der Waals surface area contributed by atoms with Crippen molar-refractivity contribution in [2.24, 2.45) is 5.92 Å². The zero-order chi connectivity index (χ0) is 24.5. The number of rotatable bonds is 5. The Morgan fingerprint density at radius 2 is 1.77 bits per heavy atom. The van der Waals surface area contributed by atoms with E-state index < -0.39 is 15.3 Å². The summed E-state index contributed by atoms with van der Waals surface area (Å²) in [4.78, 5) is 0. The summed E-state index contributed by atoms with van der Waals surface area (Å²) in [6.45, 7) is 6.65. The molecular weight excluding hydrogens is 461 g/mol. The molecule has 2 heterocycles. The van der Waals surface area contributed by atoms with Crippen molar-refractivity contribution in [3.05, 3.63) is 95.4 Å². The summed E-state index contributed by atoms with van der Waals surface area (Å²) in [5, 5.41) is 5.14. The average Bonchev–Trinajstić information content (AvgIpc) is 3.10. The third kappa shape index (κ3) is 3.28. The average molecular weight is 490 g/mol. The molecule has 0 unspecified atom stereocenters. The van der Waals surface area contributed by atoms with Crippen LogP contribution in [-0.4, -0.2) is 40.8 Å². The van der Waals surface area contributed by atoms with E-state index in [0.717, 1.165) is 22.2 Å². The maximum Gasteiger partial charge on any atom is 0.216 e. The SMILES string of the molecule is Cc1cc2c(cnn2-c2ccc(F)cc2)cc1[C@]12CN(S(=O)(=O)C(C)C)C[C@H]1[C@@H]2c1ccccc1. The Hall–Kier alpha value is -3.03. The summed E-state index contributed by atoms with van der Waals surface area (Å²) in [5.74, 6) is 0.240. The van der Waals surface area contributed by atoms with Gasteiger partial charge in [-0.2, -0.15) is 5.10 Å². The minimum atomic E-state index is -3.34. The molecule has 4 aromatic rings. The minimum Gasteiger partial charge on any atom is -0.233 e. The van der Waals surface area contributed by atoms with Gasteiger partial charge in [0.25, 0.3) is 0 Å². The molecule has 7 heteroatoms. The van der Waals surface area contributed by atoms with E-state index in [2.05, 4.69) is 48.4 Å². The minimum absolute atomic E-state index is 0.238. The van der Waals surface area contributed by atoms with E-state index in [-0.39, 0.29) is 23.1 Å². The van der Waals surface area contributed by atoms with Crippen LogP contribution in [0.5, 0.6) is 0 Å². The van der Waals surface area contributed by atoms with Crippen molar-refractivity contribution in [3.63, 3.8) is 0 Å². The third-order valence-electron chi connectivity index (χ3n) is 7.95. The van der Waals surface area contributed by atoms with Gasteiger partial charge >= 0.3 is 0 Å². The van der Waals surface area contributed by atoms with Crippen LogP contribution in [0.1, 0.15) is 36.5 Å². The number of benzene rings is 3. The number of aryl methyl sites for hydroxylation is 1. The van der Waals surface area contributed by atoms with E-state index in [1.807, 2.05) is 16.9 Å². The summed E-state index contributed by atoms with van der Waals surface area (Å²) >= 11 is 0. The highest BCUT2D eigenvalue weighted by Gasteiger charge is 2.71. The number of nitrogens with zero attached hydrogens (tertiary/aromatic N) is 3. The van der Waals surface area contributed by atoms with Crippen LogP contribution in [0, 0.1) is 18.7 Å². The van der Waals surface area contributed by atoms with Gasteiger partial charge in [-0.15, -0.1) is 0 Å². The lowest BCUT2D eigenvalue weighted by atomic mass is 9.87. The molecule has 1 aliphatic heterocycles. The lowest BCUT2D eigenvalue weighted by molar-refractivity contribution is 0.416. The second-order valence-corrected chi connectivity index (χ2v) is 12.7. The number of fused-ring (bicyclic) bond motifs is 2. The van der Waals surface area contributed by atoms with Crippen molar-refractivity contribution in [1.82, 2.24) is 14.1 Å². The molecule has 3 aromatic carbocycles. The number of halogens is 1. The molecule has 3 atom stereocenters. The van der Waals surface area contributed by atoms with Crippen molar-refractivity contribution in [3.8, 4) is 5.69 Å². The summed E-state index contributed by atoms with van der Waals surface area (Å²) in [6, 6.07) is 21.1. The zero-order valence-electron chi connectivity index (χ0n) is 20.0. The van der Waals surface area contributed by atoms with Crippen molar-refractivity contribution in [2.45, 2.75) is 37.4 Å².